The van der Waals surface area contributed by atoms with Gasteiger partial charge in [0.25, 0.3) is 5.91 Å². The summed E-state index contributed by atoms with van der Waals surface area (Å²) in [6.07, 6.45) is 1.49. The molecule has 0 aliphatic rings. The van der Waals surface area contributed by atoms with E-state index in [9.17, 15) is 4.79 Å². The first-order chi connectivity index (χ1) is 18.5. The molecule has 1 N–H and O–H groups in total. The lowest BCUT2D eigenvalue weighted by Crippen LogP contribution is -2.18. The second-order valence-electron chi connectivity index (χ2n) is 8.73. The highest BCUT2D eigenvalue weighted by atomic mass is 35.5. The number of hydrogen-bond donors (Lipinski definition) is 1. The summed E-state index contributed by atoms with van der Waals surface area (Å²) in [4.78, 5) is 17.9. The summed E-state index contributed by atoms with van der Waals surface area (Å²) >= 11 is 12.9. The van der Waals surface area contributed by atoms with Gasteiger partial charge in [-0.05, 0) is 42.3 Å². The number of aromatic nitrogens is 1. The van der Waals surface area contributed by atoms with Crippen molar-refractivity contribution in [1.82, 2.24) is 10.4 Å². The van der Waals surface area contributed by atoms with Crippen molar-refractivity contribution in [3.63, 3.8) is 0 Å². The summed E-state index contributed by atoms with van der Waals surface area (Å²) < 4.78 is 5.85. The van der Waals surface area contributed by atoms with Gasteiger partial charge in [-0.1, -0.05) is 102 Å². The lowest BCUT2D eigenvalue weighted by Gasteiger charge is -2.11. The molecule has 7 heteroatoms. The molecule has 0 radical (unpaired) electrons. The Labute approximate surface area is 230 Å². The predicted molar refractivity (Wildman–Crippen MR) is 154 cm³/mol. The lowest BCUT2D eigenvalue weighted by atomic mass is 10.0. The fourth-order valence-corrected chi connectivity index (χ4v) is 4.59. The van der Waals surface area contributed by atoms with Gasteiger partial charge in [-0.3, -0.25) is 4.79 Å². The summed E-state index contributed by atoms with van der Waals surface area (Å²) in [6.45, 7) is 2.37. The Kier molecular flexibility index (Phi) is 7.68. The average Bonchev–Trinajstić information content (AvgIpc) is 2.93. The van der Waals surface area contributed by atoms with Crippen molar-refractivity contribution >= 4 is 46.2 Å². The molecule has 0 atom stereocenters. The van der Waals surface area contributed by atoms with Crippen LogP contribution in [0.15, 0.2) is 102 Å². The van der Waals surface area contributed by atoms with E-state index in [1.807, 2.05) is 85.8 Å². The normalized spacial score (nSPS) is 11.1. The lowest BCUT2D eigenvalue weighted by molar-refractivity contribution is 0.0956. The number of para-hydroxylation sites is 1. The minimum absolute atomic E-state index is 0.341. The first-order valence-electron chi connectivity index (χ1n) is 11.9. The number of pyridine rings is 1. The highest BCUT2D eigenvalue weighted by Gasteiger charge is 2.14. The second-order valence-corrected chi connectivity index (χ2v) is 9.54. The number of hydrogen-bond acceptors (Lipinski definition) is 4. The fourth-order valence-electron chi connectivity index (χ4n) is 3.98. The maximum atomic E-state index is 13.1. The Morgan fingerprint density at radius 1 is 0.921 bits per heavy atom. The zero-order valence-corrected chi connectivity index (χ0v) is 22.0. The van der Waals surface area contributed by atoms with Crippen LogP contribution < -0.4 is 10.2 Å². The topological polar surface area (TPSA) is 63.6 Å². The summed E-state index contributed by atoms with van der Waals surface area (Å²) in [6, 6.07) is 30.4. The molecule has 0 spiro atoms. The summed E-state index contributed by atoms with van der Waals surface area (Å²) in [5.41, 5.74) is 8.24. The maximum Gasteiger partial charge on any atom is 0.272 e. The van der Waals surface area contributed by atoms with Crippen molar-refractivity contribution in [3.05, 3.63) is 129 Å². The van der Waals surface area contributed by atoms with Crippen LogP contribution in [0.25, 0.3) is 22.2 Å². The number of halogens is 2. The highest BCUT2D eigenvalue weighted by Crippen LogP contribution is 2.34. The smallest absolute Gasteiger partial charge is 0.272 e. The molecule has 0 saturated heterocycles. The molecular formula is C31H23Cl2N3O2. The number of aryl methyl sites for hydroxylation is 1. The highest BCUT2D eigenvalue weighted by molar-refractivity contribution is 6.37. The number of ether oxygens (including phenoxy) is 1. The largest absolute Gasteiger partial charge is 0.486 e. The zero-order chi connectivity index (χ0) is 26.5. The minimum Gasteiger partial charge on any atom is -0.486 e. The molecule has 4 aromatic carbocycles. The van der Waals surface area contributed by atoms with Gasteiger partial charge in [0.1, 0.15) is 6.61 Å². The standard InChI is InChI=1S/C31H23Cl2N3O2/c1-20-11-13-21(14-12-20)19-38-30-26(32)15-22(16-27(30)33)18-34-36-31(37)25-17-29(23-7-3-2-4-8-23)35-28-10-6-5-9-24(25)28/h2-18H,19H2,1H3,(H,36,37)/b34-18+. The number of fused-ring (bicyclic) bond motifs is 1. The van der Waals surface area contributed by atoms with Crippen molar-refractivity contribution in [2.75, 3.05) is 0 Å². The summed E-state index contributed by atoms with van der Waals surface area (Å²) in [5.74, 6) is 0.0408. The second kappa shape index (κ2) is 11.5. The SMILES string of the molecule is Cc1ccc(COc2c(Cl)cc(/C=N/NC(=O)c3cc(-c4ccccc4)nc4ccccc34)cc2Cl)cc1. The minimum atomic E-state index is -0.354. The van der Waals surface area contributed by atoms with Crippen LogP contribution in [0.3, 0.4) is 0 Å². The molecule has 0 bridgehead atoms. The first kappa shape index (κ1) is 25.5. The molecule has 5 aromatic rings. The molecule has 1 aromatic heterocycles. The van der Waals surface area contributed by atoms with E-state index in [0.29, 0.717) is 39.2 Å². The van der Waals surface area contributed by atoms with E-state index >= 15 is 0 Å². The van der Waals surface area contributed by atoms with Gasteiger partial charge in [0, 0.05) is 10.9 Å². The third-order valence-corrected chi connectivity index (χ3v) is 6.50. The van der Waals surface area contributed by atoms with Crippen LogP contribution in [0.2, 0.25) is 10.0 Å². The number of carbonyl (C=O) groups excluding carboxylic acids is 1. The molecule has 38 heavy (non-hydrogen) atoms. The van der Waals surface area contributed by atoms with E-state index in [-0.39, 0.29) is 5.91 Å². The molecule has 0 aliphatic heterocycles. The van der Waals surface area contributed by atoms with Crippen LogP contribution in [0.4, 0.5) is 0 Å². The number of carbonyl (C=O) groups is 1. The molecule has 0 saturated carbocycles. The zero-order valence-electron chi connectivity index (χ0n) is 20.5. The van der Waals surface area contributed by atoms with Gasteiger partial charge in [-0.15, -0.1) is 0 Å². The molecule has 0 fully saturated rings. The number of hydrazone groups is 1. The summed E-state index contributed by atoms with van der Waals surface area (Å²) in [7, 11) is 0. The predicted octanol–water partition coefficient (Wildman–Crippen LogP) is 7.86. The molecule has 1 amide bonds. The van der Waals surface area contributed by atoms with Crippen molar-refractivity contribution in [2.45, 2.75) is 13.5 Å². The molecule has 5 nitrogen and oxygen atoms in total. The van der Waals surface area contributed by atoms with E-state index in [2.05, 4.69) is 10.5 Å². The number of rotatable bonds is 7. The number of benzene rings is 4. The van der Waals surface area contributed by atoms with Gasteiger partial charge in [-0.25, -0.2) is 10.4 Å². The van der Waals surface area contributed by atoms with E-state index in [0.717, 1.165) is 22.0 Å². The van der Waals surface area contributed by atoms with Gasteiger partial charge >= 0.3 is 0 Å². The van der Waals surface area contributed by atoms with E-state index < -0.39 is 0 Å². The molecule has 5 rings (SSSR count). The fraction of sp³-hybridized carbons (Fsp3) is 0.0645. The van der Waals surface area contributed by atoms with Crippen LogP contribution in [-0.2, 0) is 6.61 Å². The van der Waals surface area contributed by atoms with Gasteiger partial charge < -0.3 is 4.74 Å². The van der Waals surface area contributed by atoms with Crippen molar-refractivity contribution in [1.29, 1.82) is 0 Å². The third-order valence-electron chi connectivity index (χ3n) is 5.93. The summed E-state index contributed by atoms with van der Waals surface area (Å²) in [5, 5.41) is 5.58. The molecule has 0 aliphatic carbocycles. The number of nitrogens with one attached hydrogen (secondary N) is 1. The van der Waals surface area contributed by atoms with Crippen LogP contribution >= 0.6 is 23.2 Å². The van der Waals surface area contributed by atoms with Crippen molar-refractivity contribution in [3.8, 4) is 17.0 Å². The monoisotopic (exact) mass is 539 g/mol. The Morgan fingerprint density at radius 2 is 1.61 bits per heavy atom. The van der Waals surface area contributed by atoms with Crippen molar-refractivity contribution in [2.24, 2.45) is 5.10 Å². The Hall–Kier alpha value is -4.19. The Morgan fingerprint density at radius 3 is 2.34 bits per heavy atom. The Bertz CT molecular complexity index is 1610. The van der Waals surface area contributed by atoms with Crippen molar-refractivity contribution < 1.29 is 9.53 Å². The van der Waals surface area contributed by atoms with Crippen LogP contribution in [0, 0.1) is 6.92 Å². The van der Waals surface area contributed by atoms with E-state index in [1.165, 1.54) is 11.8 Å². The third kappa shape index (κ3) is 5.86. The van der Waals surface area contributed by atoms with Crippen LogP contribution in [0.5, 0.6) is 5.75 Å². The number of nitrogens with zero attached hydrogens (tertiary/aromatic N) is 2. The average molecular weight is 540 g/mol. The molecule has 188 valence electrons. The quantitative estimate of drug-likeness (QED) is 0.169. The molecular weight excluding hydrogens is 517 g/mol. The Balaban J connectivity index is 1.32. The van der Waals surface area contributed by atoms with Gasteiger partial charge in [0.05, 0.1) is 33.0 Å². The number of amides is 1. The van der Waals surface area contributed by atoms with Gasteiger partial charge in [-0.2, -0.15) is 5.10 Å². The van der Waals surface area contributed by atoms with E-state index in [4.69, 9.17) is 32.9 Å². The maximum absolute atomic E-state index is 13.1. The van der Waals surface area contributed by atoms with Crippen LogP contribution in [0.1, 0.15) is 27.0 Å². The van der Waals surface area contributed by atoms with Gasteiger partial charge in [0.2, 0.25) is 0 Å². The molecule has 0 unspecified atom stereocenters. The van der Waals surface area contributed by atoms with Gasteiger partial charge in [0.15, 0.2) is 5.75 Å². The molecule has 1 heterocycles. The van der Waals surface area contributed by atoms with E-state index in [1.54, 1.807) is 18.2 Å². The first-order valence-corrected chi connectivity index (χ1v) is 12.7. The van der Waals surface area contributed by atoms with Crippen LogP contribution in [-0.4, -0.2) is 17.1 Å².